The molecule has 7 heteroatoms. The number of rotatable bonds is 7. The SMILES string of the molecule is CCOc1ccc(C(=O)NNC(=O)[C@H](C)Sc2ccc(C)cc2)cc1OC. The summed E-state index contributed by atoms with van der Waals surface area (Å²) in [6.45, 7) is 6.15. The molecule has 0 fully saturated rings. The minimum Gasteiger partial charge on any atom is -0.493 e. The first kappa shape index (κ1) is 20.6. The molecule has 0 radical (unpaired) electrons. The van der Waals surface area contributed by atoms with Crippen LogP contribution < -0.4 is 20.3 Å². The van der Waals surface area contributed by atoms with E-state index in [0.29, 0.717) is 23.7 Å². The smallest absolute Gasteiger partial charge is 0.269 e. The van der Waals surface area contributed by atoms with Crippen molar-refractivity contribution in [1.29, 1.82) is 0 Å². The van der Waals surface area contributed by atoms with Crippen LogP contribution in [0.1, 0.15) is 29.8 Å². The van der Waals surface area contributed by atoms with Crippen molar-refractivity contribution in [1.82, 2.24) is 10.9 Å². The minimum atomic E-state index is -0.433. The second-order valence-electron chi connectivity index (χ2n) is 5.82. The third-order valence-corrected chi connectivity index (χ3v) is 4.84. The van der Waals surface area contributed by atoms with Crippen molar-refractivity contribution in [3.05, 3.63) is 53.6 Å². The molecule has 2 N–H and O–H groups in total. The Hall–Kier alpha value is -2.67. The van der Waals surface area contributed by atoms with Gasteiger partial charge in [0.25, 0.3) is 11.8 Å². The monoisotopic (exact) mass is 388 g/mol. The predicted octanol–water partition coefficient (Wildman–Crippen LogP) is 3.34. The van der Waals surface area contributed by atoms with Gasteiger partial charge in [-0.05, 0) is 51.1 Å². The number of ether oxygens (including phenoxy) is 2. The van der Waals surface area contributed by atoms with E-state index in [1.54, 1.807) is 25.1 Å². The molecule has 144 valence electrons. The predicted molar refractivity (Wildman–Crippen MR) is 106 cm³/mol. The highest BCUT2D eigenvalue weighted by Gasteiger charge is 2.16. The fourth-order valence-electron chi connectivity index (χ4n) is 2.25. The topological polar surface area (TPSA) is 76.7 Å². The van der Waals surface area contributed by atoms with Crippen LogP contribution in [0.4, 0.5) is 0 Å². The summed E-state index contributed by atoms with van der Waals surface area (Å²) >= 11 is 1.42. The number of hydrogen-bond acceptors (Lipinski definition) is 5. The maximum Gasteiger partial charge on any atom is 0.269 e. The zero-order valence-corrected chi connectivity index (χ0v) is 16.7. The fraction of sp³-hybridized carbons (Fsp3) is 0.300. The Labute approximate surface area is 163 Å². The van der Waals surface area contributed by atoms with E-state index in [-0.39, 0.29) is 11.2 Å². The maximum atomic E-state index is 12.3. The molecule has 0 heterocycles. The van der Waals surface area contributed by atoms with E-state index in [1.807, 2.05) is 38.1 Å². The molecule has 0 saturated carbocycles. The van der Waals surface area contributed by atoms with E-state index in [0.717, 1.165) is 10.5 Å². The minimum absolute atomic E-state index is 0.285. The van der Waals surface area contributed by atoms with Crippen LogP contribution in [-0.4, -0.2) is 30.8 Å². The van der Waals surface area contributed by atoms with E-state index in [2.05, 4.69) is 10.9 Å². The number of hydrogen-bond donors (Lipinski definition) is 2. The van der Waals surface area contributed by atoms with Crippen molar-refractivity contribution in [3.63, 3.8) is 0 Å². The van der Waals surface area contributed by atoms with Crippen molar-refractivity contribution < 1.29 is 19.1 Å². The Bertz CT molecular complexity index is 793. The van der Waals surface area contributed by atoms with Crippen LogP contribution in [0.3, 0.4) is 0 Å². The molecule has 0 spiro atoms. The second kappa shape index (κ2) is 9.87. The lowest BCUT2D eigenvalue weighted by Crippen LogP contribution is -2.44. The molecular formula is C20H24N2O4S. The summed E-state index contributed by atoms with van der Waals surface area (Å²) in [5, 5.41) is -0.358. The highest BCUT2D eigenvalue weighted by Crippen LogP contribution is 2.28. The van der Waals surface area contributed by atoms with Crippen molar-refractivity contribution in [3.8, 4) is 11.5 Å². The number of carbonyl (C=O) groups is 2. The van der Waals surface area contributed by atoms with Crippen LogP contribution in [0, 0.1) is 6.92 Å². The van der Waals surface area contributed by atoms with Gasteiger partial charge < -0.3 is 9.47 Å². The molecule has 2 aromatic rings. The van der Waals surface area contributed by atoms with Gasteiger partial charge in [0.15, 0.2) is 11.5 Å². The third-order valence-electron chi connectivity index (χ3n) is 3.73. The molecule has 27 heavy (non-hydrogen) atoms. The number of nitrogens with one attached hydrogen (secondary N) is 2. The van der Waals surface area contributed by atoms with Gasteiger partial charge in [-0.3, -0.25) is 20.4 Å². The van der Waals surface area contributed by atoms with Crippen LogP contribution in [0.5, 0.6) is 11.5 Å². The summed E-state index contributed by atoms with van der Waals surface area (Å²) < 4.78 is 10.7. The molecule has 1 atom stereocenters. The third kappa shape index (κ3) is 5.92. The first-order valence-corrected chi connectivity index (χ1v) is 9.47. The average Bonchev–Trinajstić information content (AvgIpc) is 2.68. The zero-order chi connectivity index (χ0) is 19.8. The second-order valence-corrected chi connectivity index (χ2v) is 7.23. The van der Waals surface area contributed by atoms with Crippen LogP contribution in [-0.2, 0) is 4.79 Å². The molecule has 6 nitrogen and oxygen atoms in total. The lowest BCUT2D eigenvalue weighted by atomic mass is 10.2. The Balaban J connectivity index is 1.92. The summed E-state index contributed by atoms with van der Waals surface area (Å²) in [6.07, 6.45) is 0. The summed E-state index contributed by atoms with van der Waals surface area (Å²) in [5.41, 5.74) is 6.40. The molecule has 0 aliphatic rings. The largest absolute Gasteiger partial charge is 0.493 e. The Morgan fingerprint density at radius 3 is 2.41 bits per heavy atom. The quantitative estimate of drug-likeness (QED) is 0.562. The van der Waals surface area contributed by atoms with Gasteiger partial charge in [-0.25, -0.2) is 0 Å². The van der Waals surface area contributed by atoms with Crippen molar-refractivity contribution in [2.45, 2.75) is 30.9 Å². The Kier molecular flexibility index (Phi) is 7.55. The normalized spacial score (nSPS) is 11.4. The number of benzene rings is 2. The molecule has 0 aromatic heterocycles. The van der Waals surface area contributed by atoms with Crippen LogP contribution in [0.15, 0.2) is 47.4 Å². The number of hydrazine groups is 1. The highest BCUT2D eigenvalue weighted by atomic mass is 32.2. The standard InChI is InChI=1S/C20H24N2O4S/c1-5-26-17-11-8-15(12-18(17)25-4)20(24)22-21-19(23)14(3)27-16-9-6-13(2)7-10-16/h6-12,14H,5H2,1-4H3,(H,21,23)(H,22,24)/t14-/m0/s1. The van der Waals surface area contributed by atoms with Gasteiger partial charge in [0, 0.05) is 10.5 Å². The van der Waals surface area contributed by atoms with Gasteiger partial charge in [-0.15, -0.1) is 11.8 Å². The molecule has 2 rings (SSSR count). The molecule has 0 unspecified atom stereocenters. The number of carbonyl (C=O) groups excluding carboxylic acids is 2. The van der Waals surface area contributed by atoms with E-state index in [4.69, 9.17) is 9.47 Å². The molecule has 0 saturated heterocycles. The molecule has 2 amide bonds. The van der Waals surface area contributed by atoms with Crippen molar-refractivity contribution in [2.75, 3.05) is 13.7 Å². The number of methoxy groups -OCH3 is 1. The Morgan fingerprint density at radius 2 is 1.78 bits per heavy atom. The van der Waals surface area contributed by atoms with E-state index in [1.165, 1.54) is 18.9 Å². The van der Waals surface area contributed by atoms with E-state index < -0.39 is 5.91 Å². The molecule has 2 aromatic carbocycles. The number of thioether (sulfide) groups is 1. The average molecular weight is 388 g/mol. The van der Waals surface area contributed by atoms with Crippen LogP contribution >= 0.6 is 11.8 Å². The zero-order valence-electron chi connectivity index (χ0n) is 15.9. The van der Waals surface area contributed by atoms with Gasteiger partial charge in [0.2, 0.25) is 0 Å². The van der Waals surface area contributed by atoms with Gasteiger partial charge in [0.1, 0.15) is 0 Å². The van der Waals surface area contributed by atoms with Gasteiger partial charge >= 0.3 is 0 Å². The van der Waals surface area contributed by atoms with E-state index >= 15 is 0 Å². The summed E-state index contributed by atoms with van der Waals surface area (Å²) in [5.74, 6) is 0.298. The molecule has 0 bridgehead atoms. The molecule has 0 aliphatic heterocycles. The van der Waals surface area contributed by atoms with Crippen LogP contribution in [0.2, 0.25) is 0 Å². The highest BCUT2D eigenvalue weighted by molar-refractivity contribution is 8.00. The van der Waals surface area contributed by atoms with E-state index in [9.17, 15) is 9.59 Å². The number of amides is 2. The van der Waals surface area contributed by atoms with Gasteiger partial charge in [-0.2, -0.15) is 0 Å². The van der Waals surface area contributed by atoms with Gasteiger partial charge in [-0.1, -0.05) is 17.7 Å². The summed E-state index contributed by atoms with van der Waals surface area (Å²) in [6, 6.07) is 12.8. The fourth-order valence-corrected chi connectivity index (χ4v) is 3.12. The Morgan fingerprint density at radius 1 is 1.07 bits per heavy atom. The maximum absolute atomic E-state index is 12.3. The first-order valence-electron chi connectivity index (χ1n) is 8.59. The van der Waals surface area contributed by atoms with Crippen molar-refractivity contribution >= 4 is 23.6 Å². The van der Waals surface area contributed by atoms with Gasteiger partial charge in [0.05, 0.1) is 19.0 Å². The lowest BCUT2D eigenvalue weighted by molar-refractivity contribution is -0.121. The van der Waals surface area contributed by atoms with Crippen LogP contribution in [0.25, 0.3) is 0 Å². The molecule has 0 aliphatic carbocycles. The molecular weight excluding hydrogens is 364 g/mol. The first-order chi connectivity index (χ1) is 12.9. The van der Waals surface area contributed by atoms with Crippen molar-refractivity contribution in [2.24, 2.45) is 0 Å². The number of aryl methyl sites for hydroxylation is 1. The summed E-state index contributed by atoms with van der Waals surface area (Å²) in [7, 11) is 1.51. The lowest BCUT2D eigenvalue weighted by Gasteiger charge is -2.14. The summed E-state index contributed by atoms with van der Waals surface area (Å²) in [4.78, 5) is 25.5.